The Labute approximate surface area is 87.7 Å². The van der Waals surface area contributed by atoms with Crippen molar-refractivity contribution < 1.29 is 11.6 Å². The topological polar surface area (TPSA) is 55.5 Å². The Hall–Kier alpha value is -0.640. The van der Waals surface area contributed by atoms with Gasteiger partial charge < -0.3 is 5.73 Å². The average molecular weight is 201 g/mol. The molecule has 1 unspecified atom stereocenters. The van der Waals surface area contributed by atoms with E-state index in [9.17, 15) is 0 Å². The molecule has 0 heterocycles. The van der Waals surface area contributed by atoms with Crippen molar-refractivity contribution in [2.45, 2.75) is 39.2 Å². The molecule has 0 bridgehead atoms. The molecule has 3 heteroatoms. The van der Waals surface area contributed by atoms with E-state index in [1.807, 2.05) is 13.0 Å². The number of rotatable bonds is 3. The van der Waals surface area contributed by atoms with E-state index < -0.39 is 0 Å². The Morgan fingerprint density at radius 3 is 2.64 bits per heavy atom. The zero-order chi connectivity index (χ0) is 10.8. The molecule has 0 aromatic rings. The molecular weight excluding hydrogens is 178 g/mol. The zero-order valence-electron chi connectivity index (χ0n) is 9.07. The smallest absolute Gasteiger partial charge is 0.107 e. The predicted octanol–water partition coefficient (Wildman–Crippen LogP) is 2.74. The molecule has 0 aromatic carbocycles. The molecule has 0 amide bonds. The first-order valence-corrected chi connectivity index (χ1v) is 5.08. The van der Waals surface area contributed by atoms with Crippen molar-refractivity contribution >= 4 is 0 Å². The molecule has 1 atom stereocenters. The first-order chi connectivity index (χ1) is 6.70. The van der Waals surface area contributed by atoms with E-state index in [-0.39, 0.29) is 1.43 Å². The molecule has 84 valence electrons. The van der Waals surface area contributed by atoms with Crippen LogP contribution >= 0.6 is 0 Å². The summed E-state index contributed by atoms with van der Waals surface area (Å²) in [4.78, 5) is 3.96. The van der Waals surface area contributed by atoms with E-state index in [4.69, 9.17) is 11.0 Å². The minimum atomic E-state index is 0. The lowest BCUT2D eigenvalue weighted by Gasteiger charge is -2.02. The second-order valence-corrected chi connectivity index (χ2v) is 3.42. The zero-order valence-corrected chi connectivity index (χ0v) is 9.07. The third-order valence-corrected chi connectivity index (χ3v) is 1.95. The highest BCUT2D eigenvalue weighted by molar-refractivity contribution is 5.22. The minimum absolute atomic E-state index is 0. The molecule has 1 aliphatic carbocycles. The van der Waals surface area contributed by atoms with Crippen LogP contribution in [0.3, 0.4) is 0 Å². The van der Waals surface area contributed by atoms with Crippen molar-refractivity contribution in [2.75, 3.05) is 6.61 Å². The van der Waals surface area contributed by atoms with Crippen LogP contribution < -0.4 is 5.73 Å². The number of allylic oxidation sites excluding steroid dienone is 2. The first kappa shape index (κ1) is 13.4. The first-order valence-electron chi connectivity index (χ1n) is 5.08. The third kappa shape index (κ3) is 7.98. The van der Waals surface area contributed by atoms with Gasteiger partial charge in [-0.2, -0.15) is 0 Å². The van der Waals surface area contributed by atoms with Crippen LogP contribution in [-0.4, -0.2) is 17.9 Å². The van der Waals surface area contributed by atoms with Crippen molar-refractivity contribution in [3.05, 3.63) is 23.8 Å². The fourth-order valence-electron chi connectivity index (χ4n) is 0.849. The van der Waals surface area contributed by atoms with Gasteiger partial charge in [0, 0.05) is 7.47 Å². The highest BCUT2D eigenvalue weighted by Crippen LogP contribution is 2.08. The summed E-state index contributed by atoms with van der Waals surface area (Å²) in [7, 11) is 0. The summed E-state index contributed by atoms with van der Waals surface area (Å²) in [6.45, 7) is 4.39. The van der Waals surface area contributed by atoms with Crippen LogP contribution in [0.1, 0.15) is 34.5 Å². The van der Waals surface area contributed by atoms with Gasteiger partial charge in [-0.1, -0.05) is 25.2 Å². The van der Waals surface area contributed by atoms with Crippen molar-refractivity contribution in [1.29, 1.82) is 0 Å². The van der Waals surface area contributed by atoms with Crippen LogP contribution in [0.4, 0.5) is 0 Å². The molecule has 14 heavy (non-hydrogen) atoms. The normalized spacial score (nSPS) is 16.7. The highest BCUT2D eigenvalue weighted by Gasteiger charge is 1.94. The van der Waals surface area contributed by atoms with Crippen LogP contribution in [0.2, 0.25) is 0 Å². The maximum atomic E-state index is 8.04. The average Bonchev–Trinajstić information content (AvgIpc) is 2.21. The molecule has 0 aliphatic heterocycles. The molecule has 1 aliphatic rings. The van der Waals surface area contributed by atoms with E-state index in [2.05, 4.69) is 24.0 Å². The molecule has 3 nitrogen and oxygen atoms in total. The summed E-state index contributed by atoms with van der Waals surface area (Å²) in [6.07, 6.45) is 9.37. The second-order valence-electron chi connectivity index (χ2n) is 3.42. The molecule has 1 rings (SSSR count). The van der Waals surface area contributed by atoms with Gasteiger partial charge in [0.25, 0.3) is 0 Å². The summed E-state index contributed by atoms with van der Waals surface area (Å²) in [5.74, 6) is 0. The summed E-state index contributed by atoms with van der Waals surface area (Å²) in [5, 5.41) is 8.04. The van der Waals surface area contributed by atoms with E-state index in [0.29, 0.717) is 12.6 Å². The van der Waals surface area contributed by atoms with Gasteiger partial charge >= 0.3 is 0 Å². The van der Waals surface area contributed by atoms with E-state index >= 15 is 0 Å². The number of hydrogen-bond acceptors (Lipinski definition) is 3. The van der Waals surface area contributed by atoms with Crippen molar-refractivity contribution in [3.63, 3.8) is 0 Å². The van der Waals surface area contributed by atoms with Crippen molar-refractivity contribution in [1.82, 2.24) is 0 Å². The van der Waals surface area contributed by atoms with Crippen LogP contribution in [0.5, 0.6) is 0 Å². The second kappa shape index (κ2) is 8.94. The lowest BCUT2D eigenvalue weighted by atomic mass is 10.1. The maximum absolute atomic E-state index is 8.04. The third-order valence-electron chi connectivity index (χ3n) is 1.95. The Morgan fingerprint density at radius 1 is 1.64 bits per heavy atom. The van der Waals surface area contributed by atoms with Gasteiger partial charge in [0.15, 0.2) is 0 Å². The Bertz CT molecular complexity index is 191. The fraction of sp³-hybridized carbons (Fsp3) is 0.636. The number of hydrogen-bond donors (Lipinski definition) is 2. The summed E-state index contributed by atoms with van der Waals surface area (Å²) < 4.78 is 0. The van der Waals surface area contributed by atoms with Gasteiger partial charge in [-0.15, -0.1) is 0 Å². The van der Waals surface area contributed by atoms with Gasteiger partial charge in [-0.25, -0.2) is 4.89 Å². The van der Waals surface area contributed by atoms with E-state index in [1.54, 1.807) is 0 Å². The molecule has 0 aromatic heterocycles. The standard InChI is InChI=1S/C7H10O2.C4H11N.H2/c8-9-6-7-4-2-1-3-5-7;1-3-4(2)5;/h2,4-5,8H,1,3,6H2;4H,3,5H2,1-2H3;1H. The van der Waals surface area contributed by atoms with E-state index in [0.717, 1.165) is 24.8 Å². The molecular formula is C11H23NO2. The van der Waals surface area contributed by atoms with Gasteiger partial charge in [0.2, 0.25) is 0 Å². The molecule has 0 fully saturated rings. The van der Waals surface area contributed by atoms with Crippen LogP contribution in [0.25, 0.3) is 0 Å². The SMILES string of the molecule is CCC(C)N.OOCC1=CCCC=C1.[HH]. The molecule has 0 radical (unpaired) electrons. The van der Waals surface area contributed by atoms with Crippen molar-refractivity contribution in [3.8, 4) is 0 Å². The monoisotopic (exact) mass is 201 g/mol. The van der Waals surface area contributed by atoms with E-state index in [1.165, 1.54) is 0 Å². The van der Waals surface area contributed by atoms with Crippen molar-refractivity contribution in [2.24, 2.45) is 5.73 Å². The molecule has 0 saturated heterocycles. The minimum Gasteiger partial charge on any atom is -0.328 e. The van der Waals surface area contributed by atoms with Crippen LogP contribution in [0, 0.1) is 0 Å². The quantitative estimate of drug-likeness (QED) is 0.545. The van der Waals surface area contributed by atoms with Gasteiger partial charge in [0.05, 0.1) is 0 Å². The van der Waals surface area contributed by atoms with Gasteiger partial charge in [-0.3, -0.25) is 5.26 Å². The summed E-state index contributed by atoms with van der Waals surface area (Å²) in [5.41, 5.74) is 6.35. The largest absolute Gasteiger partial charge is 0.328 e. The molecule has 0 saturated carbocycles. The Morgan fingerprint density at radius 2 is 2.29 bits per heavy atom. The molecule has 0 spiro atoms. The van der Waals surface area contributed by atoms with Gasteiger partial charge in [0.1, 0.15) is 6.61 Å². The maximum Gasteiger partial charge on any atom is 0.107 e. The summed E-state index contributed by atoms with van der Waals surface area (Å²) in [6, 6.07) is 0.384. The Kier molecular flexibility index (Phi) is 8.53. The predicted molar refractivity (Wildman–Crippen MR) is 61.1 cm³/mol. The van der Waals surface area contributed by atoms with Crippen LogP contribution in [-0.2, 0) is 4.89 Å². The van der Waals surface area contributed by atoms with Gasteiger partial charge in [-0.05, 0) is 31.8 Å². The van der Waals surface area contributed by atoms with Crippen LogP contribution in [0.15, 0.2) is 23.8 Å². The lowest BCUT2D eigenvalue weighted by Crippen LogP contribution is -2.11. The Balaban J connectivity index is 0. The lowest BCUT2D eigenvalue weighted by molar-refractivity contribution is -0.233. The summed E-state index contributed by atoms with van der Waals surface area (Å²) >= 11 is 0. The molecule has 3 N–H and O–H groups in total. The highest BCUT2D eigenvalue weighted by atomic mass is 17.1. The fourth-order valence-corrected chi connectivity index (χ4v) is 0.849. The number of nitrogens with two attached hydrogens (primary N) is 1.